The summed E-state index contributed by atoms with van der Waals surface area (Å²) in [6, 6.07) is 6.49. The minimum Gasteiger partial charge on any atom is -0.384 e. The lowest BCUT2D eigenvalue weighted by Crippen LogP contribution is -2.17. The molecule has 15 heavy (non-hydrogen) atoms. The molecule has 0 aliphatic heterocycles. The summed E-state index contributed by atoms with van der Waals surface area (Å²) in [4.78, 5) is 0. The maximum absolute atomic E-state index is 13.2. The number of nitriles is 2. The largest absolute Gasteiger partial charge is 0.384 e. The van der Waals surface area contributed by atoms with Gasteiger partial charge in [-0.15, -0.1) is 0 Å². The molecule has 0 heterocycles. The van der Waals surface area contributed by atoms with Crippen molar-refractivity contribution in [1.82, 2.24) is 0 Å². The van der Waals surface area contributed by atoms with Gasteiger partial charge in [0.25, 0.3) is 0 Å². The second-order valence-corrected chi connectivity index (χ2v) is 2.87. The number of halogens is 1. The highest BCUT2D eigenvalue weighted by Gasteiger charge is 2.21. The average molecular weight is 206 g/mol. The predicted molar refractivity (Wildman–Crippen MR) is 47.7 cm³/mol. The first-order valence-corrected chi connectivity index (χ1v) is 4.05. The van der Waals surface area contributed by atoms with Gasteiger partial charge in [0.1, 0.15) is 11.9 Å². The van der Waals surface area contributed by atoms with E-state index in [1.807, 2.05) is 0 Å². The first kappa shape index (κ1) is 11.1. The third kappa shape index (κ3) is 2.29. The molecule has 0 aromatic heterocycles. The number of hydrogen-bond donors (Lipinski definition) is 2. The molecule has 1 aromatic carbocycles. The van der Waals surface area contributed by atoms with Crippen LogP contribution in [0.5, 0.6) is 0 Å². The van der Waals surface area contributed by atoms with Crippen molar-refractivity contribution in [2.24, 2.45) is 0 Å². The number of aliphatic hydroxyl groups is 2. The van der Waals surface area contributed by atoms with Gasteiger partial charge in [0.05, 0.1) is 17.7 Å². The van der Waals surface area contributed by atoms with Crippen LogP contribution in [-0.4, -0.2) is 16.3 Å². The van der Waals surface area contributed by atoms with Crippen LogP contribution in [0, 0.1) is 28.5 Å². The Balaban J connectivity index is 3.14. The van der Waals surface area contributed by atoms with Gasteiger partial charge < -0.3 is 10.2 Å². The molecule has 2 N–H and O–H groups in total. The molecule has 2 atom stereocenters. The fourth-order valence-electron chi connectivity index (χ4n) is 1.08. The smallest absolute Gasteiger partial charge is 0.170 e. The van der Waals surface area contributed by atoms with Crippen molar-refractivity contribution in [2.75, 3.05) is 0 Å². The van der Waals surface area contributed by atoms with Crippen LogP contribution in [0.4, 0.5) is 4.39 Å². The molecule has 0 amide bonds. The van der Waals surface area contributed by atoms with Gasteiger partial charge in [-0.25, -0.2) is 4.39 Å². The molecule has 0 fully saturated rings. The molecule has 0 bridgehead atoms. The van der Waals surface area contributed by atoms with E-state index in [0.717, 1.165) is 12.1 Å². The van der Waals surface area contributed by atoms with E-state index in [1.54, 1.807) is 6.07 Å². The van der Waals surface area contributed by atoms with Gasteiger partial charge in [-0.3, -0.25) is 0 Å². The van der Waals surface area contributed by atoms with Crippen molar-refractivity contribution in [3.8, 4) is 12.1 Å². The SMILES string of the molecule is N#Cc1ccc(F)c(C(O)C(O)C#N)c1. The third-order valence-electron chi connectivity index (χ3n) is 1.88. The van der Waals surface area contributed by atoms with Crippen LogP contribution in [-0.2, 0) is 0 Å². The van der Waals surface area contributed by atoms with E-state index in [4.69, 9.17) is 15.6 Å². The number of hydrogen-bond acceptors (Lipinski definition) is 4. The monoisotopic (exact) mass is 206 g/mol. The molecule has 0 saturated carbocycles. The van der Waals surface area contributed by atoms with Crippen LogP contribution in [0.2, 0.25) is 0 Å². The van der Waals surface area contributed by atoms with E-state index in [2.05, 4.69) is 0 Å². The highest BCUT2D eigenvalue weighted by Crippen LogP contribution is 2.21. The Morgan fingerprint density at radius 2 is 1.93 bits per heavy atom. The van der Waals surface area contributed by atoms with Gasteiger partial charge in [0, 0.05) is 5.56 Å². The fraction of sp³-hybridized carbons (Fsp3) is 0.200. The zero-order chi connectivity index (χ0) is 11.4. The van der Waals surface area contributed by atoms with E-state index >= 15 is 0 Å². The van der Waals surface area contributed by atoms with E-state index in [9.17, 15) is 9.50 Å². The molecule has 0 radical (unpaired) electrons. The summed E-state index contributed by atoms with van der Waals surface area (Å²) in [5.41, 5.74) is -0.112. The van der Waals surface area contributed by atoms with Gasteiger partial charge in [-0.05, 0) is 18.2 Å². The minimum absolute atomic E-state index is 0.149. The second kappa shape index (κ2) is 4.52. The number of rotatable bonds is 2. The molecule has 1 rings (SSSR count). The van der Waals surface area contributed by atoms with Crippen molar-refractivity contribution in [3.63, 3.8) is 0 Å². The Morgan fingerprint density at radius 1 is 1.27 bits per heavy atom. The fourth-order valence-corrected chi connectivity index (χ4v) is 1.08. The summed E-state index contributed by atoms with van der Waals surface area (Å²) in [5.74, 6) is -0.768. The zero-order valence-electron chi connectivity index (χ0n) is 7.55. The zero-order valence-corrected chi connectivity index (χ0v) is 7.55. The molecule has 0 aliphatic carbocycles. The highest BCUT2D eigenvalue weighted by atomic mass is 19.1. The maximum atomic E-state index is 13.2. The predicted octanol–water partition coefficient (Wildman–Crippen LogP) is 0.615. The Hall–Kier alpha value is -1.95. The first-order valence-electron chi connectivity index (χ1n) is 4.05. The number of nitrogens with zero attached hydrogens (tertiary/aromatic N) is 2. The summed E-state index contributed by atoms with van der Waals surface area (Å²) in [7, 11) is 0. The quantitative estimate of drug-likeness (QED) is 0.694. The van der Waals surface area contributed by atoms with E-state index < -0.39 is 18.0 Å². The minimum atomic E-state index is -1.71. The van der Waals surface area contributed by atoms with Crippen molar-refractivity contribution in [3.05, 3.63) is 35.1 Å². The normalized spacial score (nSPS) is 13.7. The molecule has 4 nitrogen and oxygen atoms in total. The van der Waals surface area contributed by atoms with Crippen LogP contribution in [0.3, 0.4) is 0 Å². The Labute approximate surface area is 85.4 Å². The Bertz CT molecular complexity index is 448. The number of aliphatic hydroxyl groups excluding tert-OH is 2. The molecule has 5 heteroatoms. The summed E-state index contributed by atoms with van der Waals surface area (Å²) in [6.07, 6.45) is -3.36. The molecular weight excluding hydrogens is 199 g/mol. The molecule has 1 aromatic rings. The van der Waals surface area contributed by atoms with Gasteiger partial charge >= 0.3 is 0 Å². The highest BCUT2D eigenvalue weighted by molar-refractivity contribution is 5.35. The van der Waals surface area contributed by atoms with Crippen LogP contribution in [0.15, 0.2) is 18.2 Å². The summed E-state index contributed by atoms with van der Waals surface area (Å²) < 4.78 is 13.2. The molecule has 76 valence electrons. The summed E-state index contributed by atoms with van der Waals surface area (Å²) >= 11 is 0. The maximum Gasteiger partial charge on any atom is 0.170 e. The lowest BCUT2D eigenvalue weighted by Gasteiger charge is -2.12. The standard InChI is InChI=1S/C10H7FN2O2/c11-8-2-1-6(4-12)3-7(8)10(15)9(14)5-13/h1-3,9-10,14-15H. The van der Waals surface area contributed by atoms with Gasteiger partial charge in [0.2, 0.25) is 0 Å². The van der Waals surface area contributed by atoms with Gasteiger partial charge in [-0.2, -0.15) is 10.5 Å². The average Bonchev–Trinajstić information content (AvgIpc) is 2.27. The molecule has 0 saturated heterocycles. The topological polar surface area (TPSA) is 88.0 Å². The molecule has 0 aliphatic rings. The Morgan fingerprint density at radius 3 is 2.47 bits per heavy atom. The third-order valence-corrected chi connectivity index (χ3v) is 1.88. The van der Waals surface area contributed by atoms with Crippen molar-refractivity contribution in [1.29, 1.82) is 10.5 Å². The van der Waals surface area contributed by atoms with Gasteiger partial charge in [0.15, 0.2) is 6.10 Å². The van der Waals surface area contributed by atoms with E-state index in [-0.39, 0.29) is 11.1 Å². The lowest BCUT2D eigenvalue weighted by atomic mass is 10.0. The summed E-state index contributed by atoms with van der Waals surface area (Å²) in [5, 5.41) is 35.3. The second-order valence-electron chi connectivity index (χ2n) is 2.87. The molecule has 2 unspecified atom stereocenters. The van der Waals surface area contributed by atoms with Crippen molar-refractivity contribution < 1.29 is 14.6 Å². The van der Waals surface area contributed by atoms with Gasteiger partial charge in [-0.1, -0.05) is 0 Å². The van der Waals surface area contributed by atoms with Crippen LogP contribution in [0.25, 0.3) is 0 Å². The Kier molecular flexibility index (Phi) is 3.35. The van der Waals surface area contributed by atoms with Crippen molar-refractivity contribution in [2.45, 2.75) is 12.2 Å². The molecule has 0 spiro atoms. The lowest BCUT2D eigenvalue weighted by molar-refractivity contribution is 0.0503. The van der Waals surface area contributed by atoms with Crippen LogP contribution in [0.1, 0.15) is 17.2 Å². The van der Waals surface area contributed by atoms with E-state index in [1.165, 1.54) is 12.1 Å². The van der Waals surface area contributed by atoms with Crippen molar-refractivity contribution >= 4 is 0 Å². The molecular formula is C10H7FN2O2. The van der Waals surface area contributed by atoms with E-state index in [0.29, 0.717) is 0 Å². The van der Waals surface area contributed by atoms with Crippen LogP contribution < -0.4 is 0 Å². The first-order chi connectivity index (χ1) is 7.10. The van der Waals surface area contributed by atoms with Crippen LogP contribution >= 0.6 is 0 Å². The summed E-state index contributed by atoms with van der Waals surface area (Å²) in [6.45, 7) is 0. The number of benzene rings is 1.